The number of anilines is 1. The molecule has 0 spiro atoms. The van der Waals surface area contributed by atoms with Crippen molar-refractivity contribution in [2.45, 2.75) is 6.54 Å². The summed E-state index contributed by atoms with van der Waals surface area (Å²) in [5.41, 5.74) is 0.564. The Labute approximate surface area is 133 Å². The predicted octanol–water partition coefficient (Wildman–Crippen LogP) is 3.72. The first-order chi connectivity index (χ1) is 9.95. The third-order valence-corrected chi connectivity index (χ3v) is 3.69. The van der Waals surface area contributed by atoms with Crippen LogP contribution in [0.5, 0.6) is 0 Å². The van der Waals surface area contributed by atoms with Gasteiger partial charge in [0, 0.05) is 10.2 Å². The van der Waals surface area contributed by atoms with E-state index in [0.717, 1.165) is 0 Å². The molecule has 0 bridgehead atoms. The number of amides is 2. The van der Waals surface area contributed by atoms with Crippen molar-refractivity contribution in [3.8, 4) is 0 Å². The summed E-state index contributed by atoms with van der Waals surface area (Å²) in [6.07, 6.45) is 0. The van der Waals surface area contributed by atoms with Crippen LogP contribution >= 0.6 is 27.5 Å². The normalized spacial score (nSPS) is 10.2. The lowest BCUT2D eigenvalue weighted by atomic mass is 10.3. The summed E-state index contributed by atoms with van der Waals surface area (Å²) in [4.78, 5) is 22.3. The fraction of sp³-hybridized carbons (Fsp3) is 0.0769. The van der Waals surface area contributed by atoms with E-state index in [9.17, 15) is 9.59 Å². The molecule has 3 N–H and O–H groups in total. The topological polar surface area (TPSA) is 91.6 Å². The van der Waals surface area contributed by atoms with Crippen LogP contribution in [0.1, 0.15) is 16.3 Å². The Hall–Kier alpha value is -1.99. The smallest absolute Gasteiger partial charge is 0.371 e. The summed E-state index contributed by atoms with van der Waals surface area (Å²) in [5, 5.41) is 14.4. The lowest BCUT2D eigenvalue weighted by molar-refractivity contribution is 0.0660. The molecule has 6 nitrogen and oxygen atoms in total. The van der Waals surface area contributed by atoms with Crippen molar-refractivity contribution in [2.24, 2.45) is 0 Å². The first kappa shape index (κ1) is 15.4. The lowest BCUT2D eigenvalue weighted by Crippen LogP contribution is -2.28. The Morgan fingerprint density at radius 2 is 2.05 bits per heavy atom. The standard InChI is InChI=1S/C13H10BrClN2O4/c14-9-5-7(1-3-10(9)15)17-13(20)16-6-8-2-4-11(21-8)12(18)19/h1-5H,6H2,(H,18,19)(H2,16,17,20). The minimum Gasteiger partial charge on any atom is -0.475 e. The lowest BCUT2D eigenvalue weighted by Gasteiger charge is -2.07. The van der Waals surface area contributed by atoms with Crippen molar-refractivity contribution in [3.63, 3.8) is 0 Å². The van der Waals surface area contributed by atoms with E-state index in [-0.39, 0.29) is 12.3 Å². The molecule has 21 heavy (non-hydrogen) atoms. The van der Waals surface area contributed by atoms with Gasteiger partial charge in [-0.1, -0.05) is 11.6 Å². The number of carboxylic acids is 1. The van der Waals surface area contributed by atoms with E-state index in [2.05, 4.69) is 26.6 Å². The quantitative estimate of drug-likeness (QED) is 0.762. The van der Waals surface area contributed by atoms with E-state index >= 15 is 0 Å². The van der Waals surface area contributed by atoms with Crippen LogP contribution in [-0.2, 0) is 6.54 Å². The molecule has 0 unspecified atom stereocenters. The van der Waals surface area contributed by atoms with Crippen LogP contribution < -0.4 is 10.6 Å². The molecule has 1 heterocycles. The van der Waals surface area contributed by atoms with Gasteiger partial charge in [0.05, 0.1) is 11.6 Å². The maximum absolute atomic E-state index is 11.7. The number of benzene rings is 1. The van der Waals surface area contributed by atoms with Crippen LogP contribution in [0.2, 0.25) is 5.02 Å². The Balaban J connectivity index is 1.89. The molecule has 2 amide bonds. The van der Waals surface area contributed by atoms with Crippen molar-refractivity contribution in [1.82, 2.24) is 5.32 Å². The van der Waals surface area contributed by atoms with Crippen LogP contribution in [0.3, 0.4) is 0 Å². The number of furan rings is 1. The highest BCUT2D eigenvalue weighted by atomic mass is 79.9. The van der Waals surface area contributed by atoms with Crippen molar-refractivity contribution < 1.29 is 19.1 Å². The number of carbonyl (C=O) groups is 2. The number of carboxylic acid groups (broad SMARTS) is 1. The summed E-state index contributed by atoms with van der Waals surface area (Å²) in [6, 6.07) is 7.33. The predicted molar refractivity (Wildman–Crippen MR) is 80.7 cm³/mol. The number of aromatic carboxylic acids is 1. The number of hydrogen-bond donors (Lipinski definition) is 3. The van der Waals surface area contributed by atoms with Crippen molar-refractivity contribution in [2.75, 3.05) is 5.32 Å². The Morgan fingerprint density at radius 1 is 1.29 bits per heavy atom. The number of halogens is 2. The molecule has 2 rings (SSSR count). The Morgan fingerprint density at radius 3 is 2.67 bits per heavy atom. The molecule has 2 aromatic rings. The van der Waals surface area contributed by atoms with Crippen LogP contribution in [-0.4, -0.2) is 17.1 Å². The molecule has 0 aliphatic carbocycles. The minimum absolute atomic E-state index is 0.0773. The minimum atomic E-state index is -1.16. The highest BCUT2D eigenvalue weighted by molar-refractivity contribution is 9.10. The van der Waals surface area contributed by atoms with Gasteiger partial charge in [0.1, 0.15) is 5.76 Å². The second-order valence-electron chi connectivity index (χ2n) is 4.01. The molecule has 1 aromatic carbocycles. The number of rotatable bonds is 4. The highest BCUT2D eigenvalue weighted by Gasteiger charge is 2.10. The van der Waals surface area contributed by atoms with Gasteiger partial charge in [0.2, 0.25) is 5.76 Å². The van der Waals surface area contributed by atoms with Crippen LogP contribution in [0.4, 0.5) is 10.5 Å². The molecule has 0 fully saturated rings. The molecule has 0 aliphatic heterocycles. The molecule has 0 saturated heterocycles. The molecule has 0 atom stereocenters. The third-order valence-electron chi connectivity index (χ3n) is 2.47. The molecular weight excluding hydrogens is 364 g/mol. The molecule has 0 radical (unpaired) electrons. The number of urea groups is 1. The van der Waals surface area contributed by atoms with Gasteiger partial charge in [-0.15, -0.1) is 0 Å². The SMILES string of the molecule is O=C(NCc1ccc(C(=O)O)o1)Nc1ccc(Cl)c(Br)c1. The van der Waals surface area contributed by atoms with E-state index in [1.807, 2.05) is 0 Å². The fourth-order valence-electron chi connectivity index (χ4n) is 1.50. The average molecular weight is 374 g/mol. The molecule has 110 valence electrons. The maximum atomic E-state index is 11.7. The second-order valence-corrected chi connectivity index (χ2v) is 5.27. The maximum Gasteiger partial charge on any atom is 0.371 e. The van der Waals surface area contributed by atoms with Crippen LogP contribution in [0.25, 0.3) is 0 Å². The van der Waals surface area contributed by atoms with Crippen LogP contribution in [0.15, 0.2) is 39.2 Å². The van der Waals surface area contributed by atoms with Crippen LogP contribution in [0, 0.1) is 0 Å². The van der Waals surface area contributed by atoms with Gasteiger partial charge in [-0.3, -0.25) is 0 Å². The first-order valence-electron chi connectivity index (χ1n) is 5.77. The van der Waals surface area contributed by atoms with Gasteiger partial charge in [0.25, 0.3) is 0 Å². The second kappa shape index (κ2) is 6.64. The van der Waals surface area contributed by atoms with Gasteiger partial charge in [-0.05, 0) is 46.3 Å². The van der Waals surface area contributed by atoms with E-state index in [1.54, 1.807) is 18.2 Å². The van der Waals surface area contributed by atoms with E-state index in [1.165, 1.54) is 12.1 Å². The van der Waals surface area contributed by atoms with Gasteiger partial charge in [0.15, 0.2) is 0 Å². The summed E-state index contributed by atoms with van der Waals surface area (Å²) in [6.45, 7) is 0.0773. The average Bonchev–Trinajstić information content (AvgIpc) is 2.90. The summed E-state index contributed by atoms with van der Waals surface area (Å²) in [7, 11) is 0. The third kappa shape index (κ3) is 4.24. The molecule has 0 aliphatic rings. The van der Waals surface area contributed by atoms with Gasteiger partial charge >= 0.3 is 12.0 Å². The number of nitrogens with one attached hydrogen (secondary N) is 2. The van der Waals surface area contributed by atoms with E-state index in [4.69, 9.17) is 21.1 Å². The number of hydrogen-bond acceptors (Lipinski definition) is 3. The van der Waals surface area contributed by atoms with E-state index in [0.29, 0.717) is 20.9 Å². The Bertz CT molecular complexity index is 687. The molecule has 0 saturated carbocycles. The zero-order chi connectivity index (χ0) is 15.4. The van der Waals surface area contributed by atoms with Crippen molar-refractivity contribution in [1.29, 1.82) is 0 Å². The van der Waals surface area contributed by atoms with E-state index < -0.39 is 12.0 Å². The van der Waals surface area contributed by atoms with Crippen molar-refractivity contribution >= 4 is 45.2 Å². The monoisotopic (exact) mass is 372 g/mol. The zero-order valence-corrected chi connectivity index (χ0v) is 12.9. The summed E-state index contributed by atoms with van der Waals surface area (Å²) in [5.74, 6) is -0.981. The van der Waals surface area contributed by atoms with Gasteiger partial charge < -0.3 is 20.2 Å². The summed E-state index contributed by atoms with van der Waals surface area (Å²) < 4.78 is 5.68. The Kier molecular flexibility index (Phi) is 4.87. The molecule has 8 heteroatoms. The van der Waals surface area contributed by atoms with Crippen molar-refractivity contribution in [3.05, 3.63) is 51.3 Å². The zero-order valence-electron chi connectivity index (χ0n) is 10.5. The fourth-order valence-corrected chi connectivity index (χ4v) is 2.00. The largest absolute Gasteiger partial charge is 0.475 e. The first-order valence-corrected chi connectivity index (χ1v) is 6.94. The highest BCUT2D eigenvalue weighted by Crippen LogP contribution is 2.25. The molecular formula is C13H10BrClN2O4. The molecule has 1 aromatic heterocycles. The number of carbonyl (C=O) groups excluding carboxylic acids is 1. The van der Waals surface area contributed by atoms with Gasteiger partial charge in [-0.25, -0.2) is 9.59 Å². The summed E-state index contributed by atoms with van der Waals surface area (Å²) >= 11 is 9.10. The van der Waals surface area contributed by atoms with Gasteiger partial charge in [-0.2, -0.15) is 0 Å².